The normalized spacial score (nSPS) is 10.5. The van der Waals surface area contributed by atoms with E-state index in [1.165, 1.54) is 0 Å². The summed E-state index contributed by atoms with van der Waals surface area (Å²) in [4.78, 5) is 12.1. The summed E-state index contributed by atoms with van der Waals surface area (Å²) >= 11 is 0. The molecule has 0 aliphatic carbocycles. The van der Waals surface area contributed by atoms with E-state index in [4.69, 9.17) is 4.74 Å². The number of methoxy groups -OCH3 is 1. The van der Waals surface area contributed by atoms with Crippen LogP contribution in [-0.4, -0.2) is 34.5 Å². The third kappa shape index (κ3) is 3.16. The average Bonchev–Trinajstić information content (AvgIpc) is 2.87. The smallest absolute Gasteiger partial charge is 0.256 e. The number of nitrogens with one attached hydrogen (secondary N) is 1. The number of ether oxygens (including phenoxy) is 1. The molecule has 1 amide bonds. The molecule has 20 heavy (non-hydrogen) atoms. The van der Waals surface area contributed by atoms with Gasteiger partial charge in [-0.1, -0.05) is 6.07 Å². The second kappa shape index (κ2) is 6.21. The van der Waals surface area contributed by atoms with Crippen molar-refractivity contribution in [2.24, 2.45) is 0 Å². The van der Waals surface area contributed by atoms with Crippen molar-refractivity contribution in [3.8, 4) is 5.75 Å². The van der Waals surface area contributed by atoms with Crippen molar-refractivity contribution in [1.82, 2.24) is 9.78 Å². The van der Waals surface area contributed by atoms with Gasteiger partial charge < -0.3 is 15.2 Å². The van der Waals surface area contributed by atoms with E-state index in [0.29, 0.717) is 30.0 Å². The minimum absolute atomic E-state index is 0.105. The van der Waals surface area contributed by atoms with Crippen LogP contribution in [0.3, 0.4) is 0 Å². The van der Waals surface area contributed by atoms with E-state index >= 15 is 0 Å². The number of carbonyl (C=O) groups is 1. The number of aromatic nitrogens is 2. The Labute approximate surface area is 117 Å². The molecule has 0 spiro atoms. The molecule has 0 saturated heterocycles. The zero-order valence-electron chi connectivity index (χ0n) is 11.5. The van der Waals surface area contributed by atoms with E-state index in [0.717, 1.165) is 0 Å². The topological polar surface area (TPSA) is 76.4 Å². The maximum atomic E-state index is 12.1. The van der Waals surface area contributed by atoms with Crippen LogP contribution in [-0.2, 0) is 11.3 Å². The van der Waals surface area contributed by atoms with Gasteiger partial charge in [-0.25, -0.2) is 0 Å². The summed E-state index contributed by atoms with van der Waals surface area (Å²) in [5, 5.41) is 16.5. The highest BCUT2D eigenvalue weighted by Gasteiger charge is 2.12. The highest BCUT2D eigenvalue weighted by molar-refractivity contribution is 6.05. The van der Waals surface area contributed by atoms with Crippen LogP contribution in [0.25, 0.3) is 0 Å². The molecule has 0 fully saturated rings. The summed E-state index contributed by atoms with van der Waals surface area (Å²) < 4.78 is 6.65. The van der Waals surface area contributed by atoms with Crippen molar-refractivity contribution in [1.29, 1.82) is 0 Å². The van der Waals surface area contributed by atoms with E-state index in [1.807, 2.05) is 0 Å². The van der Waals surface area contributed by atoms with Crippen LogP contribution in [0.15, 0.2) is 30.6 Å². The quantitative estimate of drug-likeness (QED) is 0.872. The lowest BCUT2D eigenvalue weighted by Crippen LogP contribution is -2.13. The van der Waals surface area contributed by atoms with Crippen molar-refractivity contribution in [2.45, 2.75) is 13.5 Å². The minimum atomic E-state index is -0.273. The van der Waals surface area contributed by atoms with Crippen LogP contribution >= 0.6 is 0 Å². The van der Waals surface area contributed by atoms with Crippen molar-refractivity contribution in [2.75, 3.05) is 19.0 Å². The van der Waals surface area contributed by atoms with Gasteiger partial charge in [-0.05, 0) is 19.1 Å². The molecule has 106 valence electrons. The Kier molecular flexibility index (Phi) is 4.37. The minimum Gasteiger partial charge on any atom is -0.508 e. The Balaban J connectivity index is 2.07. The Bertz CT molecular complexity index is 607. The second-order valence-electron chi connectivity index (χ2n) is 4.39. The molecule has 0 aliphatic rings. The lowest BCUT2D eigenvalue weighted by atomic mass is 10.1. The van der Waals surface area contributed by atoms with Crippen LogP contribution in [0.2, 0.25) is 0 Å². The summed E-state index contributed by atoms with van der Waals surface area (Å²) in [6, 6.07) is 4.86. The lowest BCUT2D eigenvalue weighted by Gasteiger charge is -2.07. The zero-order chi connectivity index (χ0) is 14.5. The molecule has 2 aromatic rings. The van der Waals surface area contributed by atoms with E-state index in [9.17, 15) is 9.90 Å². The van der Waals surface area contributed by atoms with Crippen molar-refractivity contribution in [3.05, 3.63) is 41.7 Å². The first-order valence-electron chi connectivity index (χ1n) is 6.23. The van der Waals surface area contributed by atoms with Crippen molar-refractivity contribution < 1.29 is 14.6 Å². The molecule has 1 aromatic carbocycles. The fourth-order valence-electron chi connectivity index (χ4n) is 1.80. The van der Waals surface area contributed by atoms with Gasteiger partial charge in [-0.3, -0.25) is 9.48 Å². The van der Waals surface area contributed by atoms with E-state index in [2.05, 4.69) is 10.4 Å². The summed E-state index contributed by atoms with van der Waals surface area (Å²) in [6.45, 7) is 2.88. The predicted molar refractivity (Wildman–Crippen MR) is 74.9 cm³/mol. The molecule has 2 N–H and O–H groups in total. The number of hydrogen-bond acceptors (Lipinski definition) is 4. The molecule has 0 radical (unpaired) electrons. The number of benzene rings is 1. The highest BCUT2D eigenvalue weighted by atomic mass is 16.5. The fourth-order valence-corrected chi connectivity index (χ4v) is 1.80. The molecule has 2 rings (SSSR count). The average molecular weight is 275 g/mol. The Morgan fingerprint density at radius 2 is 2.30 bits per heavy atom. The molecule has 0 aliphatic heterocycles. The van der Waals surface area contributed by atoms with Gasteiger partial charge in [0, 0.05) is 24.4 Å². The highest BCUT2D eigenvalue weighted by Crippen LogP contribution is 2.20. The third-order valence-electron chi connectivity index (χ3n) is 2.97. The van der Waals surface area contributed by atoms with Crippen molar-refractivity contribution in [3.63, 3.8) is 0 Å². The van der Waals surface area contributed by atoms with Gasteiger partial charge in [0.2, 0.25) is 0 Å². The van der Waals surface area contributed by atoms with Gasteiger partial charge in [-0.15, -0.1) is 0 Å². The fraction of sp³-hybridized carbons (Fsp3) is 0.286. The first-order valence-corrected chi connectivity index (χ1v) is 6.23. The number of rotatable bonds is 5. The summed E-state index contributed by atoms with van der Waals surface area (Å²) in [5.41, 5.74) is 1.60. The molecule has 1 aromatic heterocycles. The van der Waals surface area contributed by atoms with Gasteiger partial charge >= 0.3 is 0 Å². The molecular formula is C14H17N3O3. The number of aromatic hydroxyl groups is 1. The zero-order valence-corrected chi connectivity index (χ0v) is 11.5. The number of phenolic OH excluding ortho intramolecular Hbond substituents is 1. The van der Waals surface area contributed by atoms with E-state index < -0.39 is 0 Å². The second-order valence-corrected chi connectivity index (χ2v) is 4.39. The molecule has 0 unspecified atom stereocenters. The molecule has 6 nitrogen and oxygen atoms in total. The van der Waals surface area contributed by atoms with Gasteiger partial charge in [0.25, 0.3) is 5.91 Å². The summed E-state index contributed by atoms with van der Waals surface area (Å²) in [7, 11) is 1.62. The predicted octanol–water partition coefficient (Wildman–Crippen LogP) is 1.80. The number of amides is 1. The third-order valence-corrected chi connectivity index (χ3v) is 2.97. The van der Waals surface area contributed by atoms with E-state index in [1.54, 1.807) is 49.3 Å². The Hall–Kier alpha value is -2.34. The molecule has 0 saturated carbocycles. The SMILES string of the molecule is COCCn1cc(NC(=O)c2cccc(O)c2C)cn1. The van der Waals surface area contributed by atoms with Gasteiger partial charge in [0.1, 0.15) is 5.75 Å². The van der Waals surface area contributed by atoms with Crippen LogP contribution < -0.4 is 5.32 Å². The van der Waals surface area contributed by atoms with Crippen LogP contribution in [0, 0.1) is 6.92 Å². The number of hydrogen-bond donors (Lipinski definition) is 2. The number of carbonyl (C=O) groups excluding carboxylic acids is 1. The largest absolute Gasteiger partial charge is 0.508 e. The van der Waals surface area contributed by atoms with Gasteiger partial charge in [0.15, 0.2) is 0 Å². The molecule has 1 heterocycles. The van der Waals surface area contributed by atoms with Crippen LogP contribution in [0.5, 0.6) is 5.75 Å². The molecule has 6 heteroatoms. The number of anilines is 1. The Morgan fingerprint density at radius 1 is 1.50 bits per heavy atom. The monoisotopic (exact) mass is 275 g/mol. The van der Waals surface area contributed by atoms with Gasteiger partial charge in [0.05, 0.1) is 25.0 Å². The summed E-state index contributed by atoms with van der Waals surface area (Å²) in [5.74, 6) is -0.168. The first-order chi connectivity index (χ1) is 9.61. The Morgan fingerprint density at radius 3 is 3.05 bits per heavy atom. The maximum absolute atomic E-state index is 12.1. The molecule has 0 bridgehead atoms. The molecular weight excluding hydrogens is 258 g/mol. The van der Waals surface area contributed by atoms with Crippen LogP contribution in [0.4, 0.5) is 5.69 Å². The van der Waals surface area contributed by atoms with E-state index in [-0.39, 0.29) is 11.7 Å². The van der Waals surface area contributed by atoms with Gasteiger partial charge in [-0.2, -0.15) is 5.10 Å². The number of nitrogens with zero attached hydrogens (tertiary/aromatic N) is 2. The standard InChI is InChI=1S/C14H17N3O3/c1-10-12(4-3-5-13(10)18)14(19)16-11-8-15-17(9-11)6-7-20-2/h3-5,8-9,18H,6-7H2,1-2H3,(H,16,19). The maximum Gasteiger partial charge on any atom is 0.256 e. The van der Waals surface area contributed by atoms with Crippen LogP contribution in [0.1, 0.15) is 15.9 Å². The number of phenols is 1. The molecule has 0 atom stereocenters. The first kappa shape index (κ1) is 14.1. The summed E-state index contributed by atoms with van der Waals surface area (Å²) in [6.07, 6.45) is 3.31. The lowest BCUT2D eigenvalue weighted by molar-refractivity contribution is 0.102. The van der Waals surface area contributed by atoms with Crippen molar-refractivity contribution >= 4 is 11.6 Å².